The van der Waals surface area contributed by atoms with Crippen molar-refractivity contribution in [3.8, 4) is 0 Å². The van der Waals surface area contributed by atoms with E-state index in [-0.39, 0.29) is 24.6 Å². The first-order chi connectivity index (χ1) is 9.43. The molecule has 8 nitrogen and oxygen atoms in total. The van der Waals surface area contributed by atoms with Crippen LogP contribution in [0, 0.1) is 10.1 Å². The van der Waals surface area contributed by atoms with Crippen molar-refractivity contribution in [2.24, 2.45) is 0 Å². The summed E-state index contributed by atoms with van der Waals surface area (Å²) in [6, 6.07) is 2.20. The van der Waals surface area contributed by atoms with Gasteiger partial charge in [-0.15, -0.1) is 0 Å². The number of aromatic nitrogens is 1. The summed E-state index contributed by atoms with van der Waals surface area (Å²) in [5.41, 5.74) is 0. The molecule has 0 saturated carbocycles. The van der Waals surface area contributed by atoms with Crippen LogP contribution >= 0.6 is 0 Å². The van der Waals surface area contributed by atoms with Crippen LogP contribution in [0.3, 0.4) is 0 Å². The Morgan fingerprint density at radius 2 is 2.10 bits per heavy atom. The normalized spacial score (nSPS) is 11.8. The lowest BCUT2D eigenvalue weighted by Crippen LogP contribution is -2.34. The van der Waals surface area contributed by atoms with Gasteiger partial charge in [0.05, 0.1) is 6.61 Å². The molecule has 112 valence electrons. The third-order valence-corrected chi connectivity index (χ3v) is 4.54. The van der Waals surface area contributed by atoms with Crippen molar-refractivity contribution < 1.29 is 18.4 Å². The second kappa shape index (κ2) is 7.27. The fraction of sp³-hybridized carbons (Fsp3) is 0.545. The van der Waals surface area contributed by atoms with E-state index in [0.29, 0.717) is 6.42 Å². The SMILES string of the molecule is CCCCN(CCO)S(=O)(=O)c1ccc([N+](=O)[O-])nc1. The summed E-state index contributed by atoms with van der Waals surface area (Å²) in [7, 11) is -3.79. The largest absolute Gasteiger partial charge is 0.395 e. The second-order valence-corrected chi connectivity index (χ2v) is 6.03. The molecule has 1 rings (SSSR count). The number of aliphatic hydroxyl groups excluding tert-OH is 1. The maximum Gasteiger partial charge on any atom is 0.363 e. The van der Waals surface area contributed by atoms with E-state index < -0.39 is 20.8 Å². The molecule has 0 spiro atoms. The van der Waals surface area contributed by atoms with Gasteiger partial charge in [0.1, 0.15) is 4.90 Å². The molecule has 1 N–H and O–H groups in total. The maximum atomic E-state index is 12.3. The smallest absolute Gasteiger partial charge is 0.363 e. The van der Waals surface area contributed by atoms with Gasteiger partial charge in [0.15, 0.2) is 6.20 Å². The van der Waals surface area contributed by atoms with E-state index in [1.54, 1.807) is 0 Å². The van der Waals surface area contributed by atoms with Gasteiger partial charge in [-0.05, 0) is 22.4 Å². The van der Waals surface area contributed by atoms with Gasteiger partial charge < -0.3 is 15.2 Å². The van der Waals surface area contributed by atoms with Gasteiger partial charge in [0, 0.05) is 19.2 Å². The average Bonchev–Trinajstić information content (AvgIpc) is 2.43. The van der Waals surface area contributed by atoms with Crippen LogP contribution in [0.25, 0.3) is 0 Å². The second-order valence-electron chi connectivity index (χ2n) is 4.09. The van der Waals surface area contributed by atoms with Crippen molar-refractivity contribution in [1.29, 1.82) is 0 Å². The number of nitro groups is 1. The lowest BCUT2D eigenvalue weighted by atomic mass is 10.3. The molecular formula is C11H17N3O5S. The highest BCUT2D eigenvalue weighted by Crippen LogP contribution is 2.17. The van der Waals surface area contributed by atoms with E-state index in [9.17, 15) is 18.5 Å². The van der Waals surface area contributed by atoms with Crippen molar-refractivity contribution in [1.82, 2.24) is 9.29 Å². The zero-order valence-electron chi connectivity index (χ0n) is 11.1. The van der Waals surface area contributed by atoms with Crippen LogP contribution in [0.4, 0.5) is 5.82 Å². The molecule has 9 heteroatoms. The molecule has 1 aromatic rings. The van der Waals surface area contributed by atoms with E-state index >= 15 is 0 Å². The van der Waals surface area contributed by atoms with Crippen LogP contribution in [-0.4, -0.2) is 47.4 Å². The van der Waals surface area contributed by atoms with Gasteiger partial charge in [0.25, 0.3) is 0 Å². The average molecular weight is 303 g/mol. The van der Waals surface area contributed by atoms with E-state index in [0.717, 1.165) is 29.1 Å². The fourth-order valence-electron chi connectivity index (χ4n) is 1.58. The van der Waals surface area contributed by atoms with Crippen LogP contribution in [0.2, 0.25) is 0 Å². The Bertz CT molecular complexity index is 544. The third kappa shape index (κ3) is 3.95. The van der Waals surface area contributed by atoms with Crippen LogP contribution in [-0.2, 0) is 10.0 Å². The molecule has 0 amide bonds. The lowest BCUT2D eigenvalue weighted by Gasteiger charge is -2.20. The summed E-state index contributed by atoms with van der Waals surface area (Å²) in [6.07, 6.45) is 2.44. The lowest BCUT2D eigenvalue weighted by molar-refractivity contribution is -0.389. The van der Waals surface area contributed by atoms with E-state index in [1.165, 1.54) is 0 Å². The number of pyridine rings is 1. The fourth-order valence-corrected chi connectivity index (χ4v) is 3.00. The van der Waals surface area contributed by atoms with Gasteiger partial charge in [0.2, 0.25) is 10.0 Å². The van der Waals surface area contributed by atoms with Crippen LogP contribution in [0.15, 0.2) is 23.2 Å². The van der Waals surface area contributed by atoms with Crippen LogP contribution < -0.4 is 0 Å². The Kier molecular flexibility index (Phi) is 5.99. The van der Waals surface area contributed by atoms with Crippen LogP contribution in [0.1, 0.15) is 19.8 Å². The van der Waals surface area contributed by atoms with Gasteiger partial charge in [-0.3, -0.25) is 0 Å². The summed E-state index contributed by atoms with van der Waals surface area (Å²) in [5.74, 6) is -0.411. The Morgan fingerprint density at radius 1 is 1.40 bits per heavy atom. The maximum absolute atomic E-state index is 12.3. The molecule has 0 atom stereocenters. The minimum atomic E-state index is -3.79. The van der Waals surface area contributed by atoms with E-state index in [2.05, 4.69) is 4.98 Å². The summed E-state index contributed by atoms with van der Waals surface area (Å²) in [4.78, 5) is 13.2. The first kappa shape index (κ1) is 16.5. The summed E-state index contributed by atoms with van der Waals surface area (Å²) in [5, 5.41) is 19.4. The highest BCUT2D eigenvalue weighted by molar-refractivity contribution is 7.89. The first-order valence-electron chi connectivity index (χ1n) is 6.15. The van der Waals surface area contributed by atoms with Gasteiger partial charge in [-0.2, -0.15) is 4.31 Å². The predicted molar refractivity (Wildman–Crippen MR) is 71.6 cm³/mol. The molecular weight excluding hydrogens is 286 g/mol. The van der Waals surface area contributed by atoms with Crippen molar-refractivity contribution in [2.45, 2.75) is 24.7 Å². The van der Waals surface area contributed by atoms with Gasteiger partial charge in [-0.1, -0.05) is 13.3 Å². The zero-order valence-corrected chi connectivity index (χ0v) is 11.9. The van der Waals surface area contributed by atoms with Gasteiger partial charge >= 0.3 is 5.82 Å². The molecule has 0 fully saturated rings. The number of nitrogens with zero attached hydrogens (tertiary/aromatic N) is 3. The summed E-state index contributed by atoms with van der Waals surface area (Å²) < 4.78 is 25.8. The quantitative estimate of drug-likeness (QED) is 0.560. The Labute approximate surface area is 117 Å². The third-order valence-electron chi connectivity index (χ3n) is 2.66. The van der Waals surface area contributed by atoms with E-state index in [4.69, 9.17) is 5.11 Å². The van der Waals surface area contributed by atoms with Crippen molar-refractivity contribution in [3.05, 3.63) is 28.4 Å². The Morgan fingerprint density at radius 3 is 2.55 bits per heavy atom. The minimum absolute atomic E-state index is 0.0146. The molecule has 0 aromatic carbocycles. The number of rotatable bonds is 8. The predicted octanol–water partition coefficient (Wildman–Crippen LogP) is 0.773. The highest BCUT2D eigenvalue weighted by Gasteiger charge is 2.25. The number of hydrogen-bond donors (Lipinski definition) is 1. The number of aliphatic hydroxyl groups is 1. The molecule has 1 heterocycles. The van der Waals surface area contributed by atoms with Crippen LogP contribution in [0.5, 0.6) is 0 Å². The molecule has 0 aliphatic rings. The molecule has 20 heavy (non-hydrogen) atoms. The van der Waals surface area contributed by atoms with Crippen molar-refractivity contribution in [3.63, 3.8) is 0 Å². The molecule has 0 aliphatic carbocycles. The first-order valence-corrected chi connectivity index (χ1v) is 7.59. The molecule has 0 radical (unpaired) electrons. The number of unbranched alkanes of at least 4 members (excludes halogenated alkanes) is 1. The molecule has 0 aliphatic heterocycles. The van der Waals surface area contributed by atoms with Gasteiger partial charge in [-0.25, -0.2) is 8.42 Å². The monoisotopic (exact) mass is 303 g/mol. The summed E-state index contributed by atoms with van der Waals surface area (Å²) in [6.45, 7) is 1.91. The Hall–Kier alpha value is -1.58. The molecule has 0 saturated heterocycles. The Balaban J connectivity index is 3.02. The summed E-state index contributed by atoms with van der Waals surface area (Å²) >= 11 is 0. The molecule has 0 unspecified atom stereocenters. The molecule has 0 bridgehead atoms. The zero-order chi connectivity index (χ0) is 15.2. The minimum Gasteiger partial charge on any atom is -0.395 e. The topological polar surface area (TPSA) is 114 Å². The number of sulfonamides is 1. The van der Waals surface area contributed by atoms with Crippen molar-refractivity contribution >= 4 is 15.8 Å². The molecule has 1 aromatic heterocycles. The number of hydrogen-bond acceptors (Lipinski definition) is 6. The van der Waals surface area contributed by atoms with E-state index in [1.807, 2.05) is 6.92 Å². The van der Waals surface area contributed by atoms with Crippen molar-refractivity contribution in [2.75, 3.05) is 19.7 Å². The highest BCUT2D eigenvalue weighted by atomic mass is 32.2. The standard InChI is InChI=1S/C11H17N3O5S/c1-2-3-6-13(7-8-15)20(18,19)10-4-5-11(12-9-10)14(16)17/h4-5,9,15H,2-3,6-8H2,1H3.